The van der Waals surface area contributed by atoms with Crippen LogP contribution in [0.5, 0.6) is 0 Å². The van der Waals surface area contributed by atoms with Crippen molar-refractivity contribution in [1.82, 2.24) is 9.97 Å². The number of aryl methyl sites for hydroxylation is 1. The minimum absolute atomic E-state index is 0.379. The lowest BCUT2D eigenvalue weighted by Gasteiger charge is -2.15. The van der Waals surface area contributed by atoms with Gasteiger partial charge in [0.1, 0.15) is 5.82 Å². The fourth-order valence-electron chi connectivity index (χ4n) is 2.15. The summed E-state index contributed by atoms with van der Waals surface area (Å²) in [6.07, 6.45) is 1.08. The van der Waals surface area contributed by atoms with Crippen LogP contribution >= 0.6 is 22.6 Å². The molecule has 4 heteroatoms. The summed E-state index contributed by atoms with van der Waals surface area (Å²) < 4.78 is 1.13. The Hall–Kier alpha value is -1.17. The summed E-state index contributed by atoms with van der Waals surface area (Å²) in [6.45, 7) is 9.54. The third-order valence-electron chi connectivity index (χ3n) is 3.35. The first kappa shape index (κ1) is 16.2. The van der Waals surface area contributed by atoms with Crippen LogP contribution < -0.4 is 5.32 Å². The maximum Gasteiger partial charge on any atom is 0.162 e. The Kier molecular flexibility index (Phi) is 5.56. The quantitative estimate of drug-likeness (QED) is 0.724. The van der Waals surface area contributed by atoms with E-state index in [1.807, 2.05) is 12.1 Å². The molecule has 0 atom stereocenters. The van der Waals surface area contributed by atoms with Crippen LogP contribution in [0.1, 0.15) is 44.4 Å². The van der Waals surface area contributed by atoms with E-state index in [0.29, 0.717) is 5.92 Å². The fourth-order valence-corrected chi connectivity index (χ4v) is 3.21. The molecule has 0 radical (unpaired) electrons. The van der Waals surface area contributed by atoms with Gasteiger partial charge in [-0.2, -0.15) is 0 Å². The summed E-state index contributed by atoms with van der Waals surface area (Å²) >= 11 is 2.35. The minimum Gasteiger partial charge on any atom is -0.369 e. The van der Waals surface area contributed by atoms with E-state index in [2.05, 4.69) is 67.7 Å². The summed E-state index contributed by atoms with van der Waals surface area (Å²) in [6, 6.07) is 8.28. The predicted octanol–water partition coefficient (Wildman–Crippen LogP) is 5.00. The second-order valence-corrected chi connectivity index (χ2v) is 6.57. The molecule has 0 bridgehead atoms. The van der Waals surface area contributed by atoms with E-state index in [4.69, 9.17) is 9.97 Å². The molecule has 0 aliphatic heterocycles. The molecular formula is C17H22IN3. The molecule has 0 unspecified atom stereocenters. The van der Waals surface area contributed by atoms with Crippen molar-refractivity contribution in [3.63, 3.8) is 0 Å². The van der Waals surface area contributed by atoms with Crippen molar-refractivity contribution in [2.45, 2.75) is 40.0 Å². The summed E-state index contributed by atoms with van der Waals surface area (Å²) in [5.41, 5.74) is 3.42. The zero-order valence-corrected chi connectivity index (χ0v) is 15.2. The monoisotopic (exact) mass is 395 g/mol. The van der Waals surface area contributed by atoms with E-state index < -0.39 is 0 Å². The predicted molar refractivity (Wildman–Crippen MR) is 97.8 cm³/mol. The number of rotatable bonds is 5. The SMILES string of the molecule is CCCNc1nc(-c2ccccc2C)nc(C(C)C)c1I. The third kappa shape index (κ3) is 3.73. The molecule has 0 fully saturated rings. The highest BCUT2D eigenvalue weighted by Gasteiger charge is 2.16. The average molecular weight is 395 g/mol. The Labute approximate surface area is 140 Å². The van der Waals surface area contributed by atoms with Gasteiger partial charge in [-0.25, -0.2) is 9.97 Å². The van der Waals surface area contributed by atoms with Gasteiger partial charge in [-0.3, -0.25) is 0 Å². The number of anilines is 1. The normalized spacial score (nSPS) is 11.0. The summed E-state index contributed by atoms with van der Waals surface area (Å²) in [5.74, 6) is 2.15. The highest BCUT2D eigenvalue weighted by Crippen LogP contribution is 2.29. The van der Waals surface area contributed by atoms with Crippen molar-refractivity contribution in [2.24, 2.45) is 0 Å². The lowest BCUT2D eigenvalue weighted by atomic mass is 10.1. The van der Waals surface area contributed by atoms with E-state index in [9.17, 15) is 0 Å². The Bertz CT molecular complexity index is 623. The van der Waals surface area contributed by atoms with Crippen molar-refractivity contribution in [1.29, 1.82) is 0 Å². The van der Waals surface area contributed by atoms with Gasteiger partial charge in [0, 0.05) is 12.1 Å². The van der Waals surface area contributed by atoms with Crippen LogP contribution in [0.25, 0.3) is 11.4 Å². The van der Waals surface area contributed by atoms with E-state index >= 15 is 0 Å². The number of nitrogens with zero attached hydrogens (tertiary/aromatic N) is 2. The summed E-state index contributed by atoms with van der Waals surface area (Å²) in [5, 5.41) is 3.43. The van der Waals surface area contributed by atoms with Gasteiger partial charge in [0.05, 0.1) is 9.26 Å². The molecule has 1 N–H and O–H groups in total. The van der Waals surface area contributed by atoms with Gasteiger partial charge >= 0.3 is 0 Å². The molecule has 0 saturated heterocycles. The number of benzene rings is 1. The largest absolute Gasteiger partial charge is 0.369 e. The number of hydrogen-bond donors (Lipinski definition) is 1. The highest BCUT2D eigenvalue weighted by atomic mass is 127. The van der Waals surface area contributed by atoms with Gasteiger partial charge in [0.25, 0.3) is 0 Å². The van der Waals surface area contributed by atoms with Crippen molar-refractivity contribution < 1.29 is 0 Å². The molecule has 2 rings (SSSR count). The first-order chi connectivity index (χ1) is 10.0. The second-order valence-electron chi connectivity index (χ2n) is 5.49. The van der Waals surface area contributed by atoms with E-state index in [0.717, 1.165) is 39.4 Å². The Balaban J connectivity index is 2.56. The maximum atomic E-state index is 4.81. The Morgan fingerprint density at radius 2 is 1.90 bits per heavy atom. The molecule has 21 heavy (non-hydrogen) atoms. The molecule has 0 amide bonds. The topological polar surface area (TPSA) is 37.8 Å². The van der Waals surface area contributed by atoms with Crippen LogP contribution in [-0.2, 0) is 0 Å². The van der Waals surface area contributed by atoms with E-state index in [1.54, 1.807) is 0 Å². The zero-order valence-electron chi connectivity index (χ0n) is 13.1. The van der Waals surface area contributed by atoms with Gasteiger partial charge in [-0.05, 0) is 47.4 Å². The first-order valence-electron chi connectivity index (χ1n) is 7.41. The van der Waals surface area contributed by atoms with Gasteiger partial charge in [-0.15, -0.1) is 0 Å². The third-order valence-corrected chi connectivity index (χ3v) is 4.42. The van der Waals surface area contributed by atoms with E-state index in [1.165, 1.54) is 5.56 Å². The van der Waals surface area contributed by atoms with Crippen molar-refractivity contribution in [3.05, 3.63) is 39.1 Å². The molecular weight excluding hydrogens is 373 g/mol. The zero-order chi connectivity index (χ0) is 15.4. The number of halogens is 1. The van der Waals surface area contributed by atoms with Gasteiger partial charge in [-0.1, -0.05) is 45.0 Å². The van der Waals surface area contributed by atoms with Gasteiger partial charge in [0.15, 0.2) is 5.82 Å². The highest BCUT2D eigenvalue weighted by molar-refractivity contribution is 14.1. The van der Waals surface area contributed by atoms with Crippen molar-refractivity contribution >= 4 is 28.4 Å². The van der Waals surface area contributed by atoms with Crippen LogP contribution in [0.4, 0.5) is 5.82 Å². The average Bonchev–Trinajstić information content (AvgIpc) is 2.46. The maximum absolute atomic E-state index is 4.81. The van der Waals surface area contributed by atoms with Gasteiger partial charge in [0.2, 0.25) is 0 Å². The van der Waals surface area contributed by atoms with E-state index in [-0.39, 0.29) is 0 Å². The Morgan fingerprint density at radius 3 is 2.52 bits per heavy atom. The first-order valence-corrected chi connectivity index (χ1v) is 8.49. The fraction of sp³-hybridized carbons (Fsp3) is 0.412. The van der Waals surface area contributed by atoms with Crippen molar-refractivity contribution in [3.8, 4) is 11.4 Å². The Morgan fingerprint density at radius 1 is 1.19 bits per heavy atom. The van der Waals surface area contributed by atoms with Crippen molar-refractivity contribution in [2.75, 3.05) is 11.9 Å². The number of hydrogen-bond acceptors (Lipinski definition) is 3. The molecule has 0 saturated carbocycles. The van der Waals surface area contributed by atoms with Crippen LogP contribution in [0, 0.1) is 10.5 Å². The molecule has 3 nitrogen and oxygen atoms in total. The minimum atomic E-state index is 0.379. The van der Waals surface area contributed by atoms with Gasteiger partial charge < -0.3 is 5.32 Å². The summed E-state index contributed by atoms with van der Waals surface area (Å²) in [7, 11) is 0. The standard InChI is InChI=1S/C17H22IN3/c1-5-10-19-17-14(18)15(11(2)3)20-16(21-17)13-9-7-6-8-12(13)4/h6-9,11H,5,10H2,1-4H3,(H,19,20,21). The smallest absolute Gasteiger partial charge is 0.162 e. The summed E-state index contributed by atoms with van der Waals surface area (Å²) in [4.78, 5) is 9.57. The second kappa shape index (κ2) is 7.20. The van der Waals surface area contributed by atoms with Crippen LogP contribution in [0.15, 0.2) is 24.3 Å². The molecule has 1 heterocycles. The van der Waals surface area contributed by atoms with Crippen LogP contribution in [-0.4, -0.2) is 16.5 Å². The molecule has 1 aromatic heterocycles. The molecule has 2 aromatic rings. The number of nitrogens with one attached hydrogen (secondary N) is 1. The molecule has 0 aliphatic rings. The lowest BCUT2D eigenvalue weighted by Crippen LogP contribution is -2.10. The molecule has 0 aliphatic carbocycles. The lowest BCUT2D eigenvalue weighted by molar-refractivity contribution is 0.807. The van der Waals surface area contributed by atoms with Crippen LogP contribution in [0.3, 0.4) is 0 Å². The molecule has 112 valence electrons. The van der Waals surface area contributed by atoms with Crippen LogP contribution in [0.2, 0.25) is 0 Å². The molecule has 0 spiro atoms. The molecule has 1 aromatic carbocycles. The number of aromatic nitrogens is 2.